The number of ether oxygens (including phenoxy) is 1. The number of carbonyl (C=O) groups excluding carboxylic acids is 2. The summed E-state index contributed by atoms with van der Waals surface area (Å²) >= 11 is 0. The maximum absolute atomic E-state index is 12.9. The Morgan fingerprint density at radius 2 is 1.83 bits per heavy atom. The number of anilines is 1. The van der Waals surface area contributed by atoms with Crippen molar-refractivity contribution < 1.29 is 18.7 Å². The second kappa shape index (κ2) is 6.20. The second-order valence-corrected chi connectivity index (χ2v) is 5.42. The SMILES string of the molecule is C[C@@H](OC(=O)c1ccc(F)cc1)C(=O)N1CCc2ccccc21. The van der Waals surface area contributed by atoms with Crippen LogP contribution in [0, 0.1) is 5.82 Å². The van der Waals surface area contributed by atoms with Crippen molar-refractivity contribution in [1.82, 2.24) is 0 Å². The molecule has 1 atom stereocenters. The number of carbonyl (C=O) groups is 2. The Morgan fingerprint density at radius 3 is 2.57 bits per heavy atom. The zero-order chi connectivity index (χ0) is 16.4. The minimum absolute atomic E-state index is 0.216. The van der Waals surface area contributed by atoms with Gasteiger partial charge in [-0.2, -0.15) is 0 Å². The molecule has 0 aromatic heterocycles. The molecule has 3 rings (SSSR count). The van der Waals surface area contributed by atoms with Crippen molar-refractivity contribution in [3.8, 4) is 0 Å². The molecule has 0 bridgehead atoms. The first-order chi connectivity index (χ1) is 11.1. The van der Waals surface area contributed by atoms with Crippen LogP contribution in [0.3, 0.4) is 0 Å². The Labute approximate surface area is 133 Å². The summed E-state index contributed by atoms with van der Waals surface area (Å²) in [5, 5.41) is 0. The molecule has 1 aliphatic rings. The van der Waals surface area contributed by atoms with E-state index in [-0.39, 0.29) is 11.5 Å². The lowest BCUT2D eigenvalue weighted by molar-refractivity contribution is -0.126. The number of esters is 1. The van der Waals surface area contributed by atoms with Gasteiger partial charge in [0.05, 0.1) is 5.56 Å². The first-order valence-electron chi connectivity index (χ1n) is 7.42. The van der Waals surface area contributed by atoms with Gasteiger partial charge in [0.15, 0.2) is 6.10 Å². The van der Waals surface area contributed by atoms with Crippen molar-refractivity contribution in [3.63, 3.8) is 0 Å². The quantitative estimate of drug-likeness (QED) is 0.819. The van der Waals surface area contributed by atoms with Gasteiger partial charge in [-0.3, -0.25) is 4.79 Å². The zero-order valence-corrected chi connectivity index (χ0v) is 12.7. The fourth-order valence-corrected chi connectivity index (χ4v) is 2.65. The van der Waals surface area contributed by atoms with Gasteiger partial charge < -0.3 is 9.64 Å². The summed E-state index contributed by atoms with van der Waals surface area (Å²) in [6.45, 7) is 2.13. The number of rotatable bonds is 3. The molecule has 23 heavy (non-hydrogen) atoms. The van der Waals surface area contributed by atoms with Crippen LogP contribution in [0.1, 0.15) is 22.8 Å². The van der Waals surface area contributed by atoms with E-state index in [1.54, 1.807) is 11.8 Å². The maximum Gasteiger partial charge on any atom is 0.338 e. The molecule has 5 heteroatoms. The third kappa shape index (κ3) is 3.08. The summed E-state index contributed by atoms with van der Waals surface area (Å²) in [6, 6.07) is 12.7. The van der Waals surface area contributed by atoms with Gasteiger partial charge in [0, 0.05) is 12.2 Å². The second-order valence-electron chi connectivity index (χ2n) is 5.42. The van der Waals surface area contributed by atoms with Gasteiger partial charge in [-0.15, -0.1) is 0 Å². The lowest BCUT2D eigenvalue weighted by Crippen LogP contribution is -2.39. The van der Waals surface area contributed by atoms with Gasteiger partial charge in [0.1, 0.15) is 5.82 Å². The third-order valence-corrected chi connectivity index (χ3v) is 3.86. The predicted molar refractivity (Wildman–Crippen MR) is 83.8 cm³/mol. The molecule has 1 amide bonds. The van der Waals surface area contributed by atoms with Gasteiger partial charge in [-0.05, 0) is 49.2 Å². The van der Waals surface area contributed by atoms with Crippen molar-refractivity contribution in [1.29, 1.82) is 0 Å². The van der Waals surface area contributed by atoms with E-state index in [2.05, 4.69) is 0 Å². The van der Waals surface area contributed by atoms with Crippen LogP contribution in [-0.4, -0.2) is 24.5 Å². The van der Waals surface area contributed by atoms with Crippen LogP contribution in [0.25, 0.3) is 0 Å². The van der Waals surface area contributed by atoms with E-state index in [1.165, 1.54) is 24.3 Å². The van der Waals surface area contributed by atoms with Crippen molar-refractivity contribution in [3.05, 3.63) is 65.5 Å². The van der Waals surface area contributed by atoms with Crippen LogP contribution in [0.4, 0.5) is 10.1 Å². The molecule has 0 spiro atoms. The number of fused-ring (bicyclic) bond motifs is 1. The Balaban J connectivity index is 1.69. The molecule has 2 aromatic carbocycles. The first kappa shape index (κ1) is 15.2. The number of hydrogen-bond donors (Lipinski definition) is 0. The number of hydrogen-bond acceptors (Lipinski definition) is 3. The molecule has 0 aliphatic carbocycles. The minimum atomic E-state index is -0.904. The van der Waals surface area contributed by atoms with Gasteiger partial charge in [0.2, 0.25) is 0 Å². The molecule has 0 fully saturated rings. The van der Waals surface area contributed by atoms with Crippen LogP contribution in [-0.2, 0) is 16.0 Å². The maximum atomic E-state index is 12.9. The highest BCUT2D eigenvalue weighted by Crippen LogP contribution is 2.28. The molecule has 118 valence electrons. The highest BCUT2D eigenvalue weighted by Gasteiger charge is 2.29. The van der Waals surface area contributed by atoms with Crippen molar-refractivity contribution in [2.45, 2.75) is 19.4 Å². The molecule has 0 saturated carbocycles. The lowest BCUT2D eigenvalue weighted by Gasteiger charge is -2.21. The van der Waals surface area contributed by atoms with E-state index in [4.69, 9.17) is 4.74 Å². The molecule has 4 nitrogen and oxygen atoms in total. The molecule has 0 N–H and O–H groups in total. The normalized spacial score (nSPS) is 14.3. The van der Waals surface area contributed by atoms with E-state index in [9.17, 15) is 14.0 Å². The molecule has 0 radical (unpaired) electrons. The summed E-state index contributed by atoms with van der Waals surface area (Å²) in [4.78, 5) is 26.2. The standard InChI is InChI=1S/C18H16FNO3/c1-12(23-18(22)14-6-8-15(19)9-7-14)17(21)20-11-10-13-4-2-3-5-16(13)20/h2-9,12H,10-11H2,1H3/t12-/m1/s1. The summed E-state index contributed by atoms with van der Waals surface area (Å²) in [7, 11) is 0. The third-order valence-electron chi connectivity index (χ3n) is 3.86. The van der Waals surface area contributed by atoms with Crippen LogP contribution in [0.2, 0.25) is 0 Å². The van der Waals surface area contributed by atoms with Crippen molar-refractivity contribution >= 4 is 17.6 Å². The van der Waals surface area contributed by atoms with Gasteiger partial charge in [0.25, 0.3) is 5.91 Å². The summed E-state index contributed by atoms with van der Waals surface area (Å²) in [5.74, 6) is -1.33. The zero-order valence-electron chi connectivity index (χ0n) is 12.7. The fourth-order valence-electron chi connectivity index (χ4n) is 2.65. The molecular weight excluding hydrogens is 297 g/mol. The lowest BCUT2D eigenvalue weighted by atomic mass is 10.2. The van der Waals surface area contributed by atoms with E-state index in [1.807, 2.05) is 24.3 Å². The Kier molecular flexibility index (Phi) is 4.10. The number of amides is 1. The predicted octanol–water partition coefficient (Wildman–Crippen LogP) is 2.96. The van der Waals surface area contributed by atoms with E-state index < -0.39 is 17.9 Å². The van der Waals surface area contributed by atoms with E-state index >= 15 is 0 Å². The average molecular weight is 313 g/mol. The van der Waals surface area contributed by atoms with Crippen molar-refractivity contribution in [2.24, 2.45) is 0 Å². The number of benzene rings is 2. The van der Waals surface area contributed by atoms with E-state index in [0.717, 1.165) is 17.7 Å². The first-order valence-corrected chi connectivity index (χ1v) is 7.42. The Bertz CT molecular complexity index is 742. The molecule has 0 unspecified atom stereocenters. The minimum Gasteiger partial charge on any atom is -0.449 e. The summed E-state index contributed by atoms with van der Waals surface area (Å²) < 4.78 is 18.1. The summed E-state index contributed by atoms with van der Waals surface area (Å²) in [5.41, 5.74) is 2.19. The monoisotopic (exact) mass is 313 g/mol. The number of halogens is 1. The van der Waals surface area contributed by atoms with Crippen LogP contribution >= 0.6 is 0 Å². The van der Waals surface area contributed by atoms with Gasteiger partial charge >= 0.3 is 5.97 Å². The van der Waals surface area contributed by atoms with Gasteiger partial charge in [-0.1, -0.05) is 18.2 Å². The summed E-state index contributed by atoms with van der Waals surface area (Å²) in [6.07, 6.45) is -0.112. The van der Waals surface area contributed by atoms with Crippen molar-refractivity contribution in [2.75, 3.05) is 11.4 Å². The average Bonchev–Trinajstić information content (AvgIpc) is 2.98. The largest absolute Gasteiger partial charge is 0.449 e. The van der Waals surface area contributed by atoms with Gasteiger partial charge in [-0.25, -0.2) is 9.18 Å². The smallest absolute Gasteiger partial charge is 0.338 e. The highest BCUT2D eigenvalue weighted by molar-refractivity contribution is 6.00. The molecule has 0 saturated heterocycles. The highest BCUT2D eigenvalue weighted by atomic mass is 19.1. The molecular formula is C18H16FNO3. The fraction of sp³-hybridized carbons (Fsp3) is 0.222. The molecule has 1 heterocycles. The van der Waals surface area contributed by atoms with Crippen LogP contribution in [0.15, 0.2) is 48.5 Å². The van der Waals surface area contributed by atoms with Crippen LogP contribution in [0.5, 0.6) is 0 Å². The Morgan fingerprint density at radius 1 is 1.13 bits per heavy atom. The topological polar surface area (TPSA) is 46.6 Å². The number of para-hydroxylation sites is 1. The molecule has 1 aliphatic heterocycles. The number of nitrogens with zero attached hydrogens (tertiary/aromatic N) is 1. The Hall–Kier alpha value is -2.69. The van der Waals surface area contributed by atoms with Crippen LogP contribution < -0.4 is 4.90 Å². The molecule has 2 aromatic rings. The van der Waals surface area contributed by atoms with E-state index in [0.29, 0.717) is 6.54 Å².